The fourth-order valence-corrected chi connectivity index (χ4v) is 18.7. The molecule has 0 radical (unpaired) electrons. The van der Waals surface area contributed by atoms with Crippen LogP contribution >= 0.6 is 0 Å². The van der Waals surface area contributed by atoms with Crippen LogP contribution in [0, 0.1) is 12.8 Å². The minimum atomic E-state index is -0.0969. The highest BCUT2D eigenvalue weighted by atomic mass is 15.1. The van der Waals surface area contributed by atoms with E-state index in [9.17, 15) is 0 Å². The molecular formula is C86H69N. The Balaban J connectivity index is 0.804. The van der Waals surface area contributed by atoms with Gasteiger partial charge in [0.25, 0.3) is 0 Å². The van der Waals surface area contributed by atoms with Gasteiger partial charge in [0.1, 0.15) is 0 Å². The van der Waals surface area contributed by atoms with E-state index < -0.39 is 0 Å². The van der Waals surface area contributed by atoms with Gasteiger partial charge in [0.05, 0.1) is 0 Å². The van der Waals surface area contributed by atoms with Crippen LogP contribution in [0.25, 0.3) is 77.9 Å². The molecule has 3 saturated carbocycles. The third kappa shape index (κ3) is 8.19. The summed E-state index contributed by atoms with van der Waals surface area (Å²) in [5.41, 5.74) is 30.7. The standard InChI is InChI=1S/C86H69N/c1-58-22-8-9-31-71(58)76-35-14-16-39-79(76)84-50-21-51-85-55-67(57-86(83(84)85)56-66(54-84)72-32-10-12-34-75(72)77-36-15-17-40-80(77)86)73-33-11-13-37-78(73)82-74(38-20-41-81(82)85)63-44-42-61(43-45-63)62-46-48-68(49-47-62)87(69-29-18-27-64(52-69)59-23-4-2-5-24-59)70-30-19-28-65(53-70)60-25-6-3-7-26-60/h2-20,22-49,52-53,66-67,83H,21,50-51,54-57H2,1H3. The van der Waals surface area contributed by atoms with Crippen LogP contribution in [0.5, 0.6) is 0 Å². The topological polar surface area (TPSA) is 3.24 Å². The smallest absolute Gasteiger partial charge is 0.0467 e. The number of anilines is 3. The molecule has 0 N–H and O–H groups in total. The number of aryl methyl sites for hydroxylation is 1. The zero-order chi connectivity index (χ0) is 57.7. The number of benzene rings is 12. The summed E-state index contributed by atoms with van der Waals surface area (Å²) < 4.78 is 0. The van der Waals surface area contributed by atoms with E-state index >= 15 is 0 Å². The molecule has 12 aromatic rings. The SMILES string of the molecule is Cc1ccccc1-c1ccccc1C12CCCC34CC(CC5(CC(C1)c1ccccc1-c1ccccc15)C23)c1ccccc1-c1c(-c2ccc(-c3ccc(N(c5cccc(-c6ccccc6)c5)c5cccc(-c6ccccc6)c5)cc3)cc2)cccc14. The van der Waals surface area contributed by atoms with Crippen LogP contribution in [0.3, 0.4) is 0 Å². The normalized spacial score (nSPS) is 21.8. The third-order valence-electron chi connectivity index (χ3n) is 21.7. The molecule has 0 saturated heterocycles. The molecule has 1 nitrogen and oxygen atoms in total. The van der Waals surface area contributed by atoms with Crippen molar-refractivity contribution in [3.05, 3.63) is 331 Å². The van der Waals surface area contributed by atoms with E-state index in [1.54, 1.807) is 22.3 Å². The molecule has 2 spiro atoms. The third-order valence-corrected chi connectivity index (χ3v) is 21.7. The van der Waals surface area contributed by atoms with Gasteiger partial charge >= 0.3 is 0 Å². The van der Waals surface area contributed by atoms with Gasteiger partial charge in [0, 0.05) is 33.3 Å². The second kappa shape index (κ2) is 20.6. The van der Waals surface area contributed by atoms with Crippen molar-refractivity contribution in [3.63, 3.8) is 0 Å². The Labute approximate surface area is 513 Å². The molecule has 6 atom stereocenters. The molecule has 6 unspecified atom stereocenters. The Bertz CT molecular complexity index is 4510. The van der Waals surface area contributed by atoms with E-state index in [4.69, 9.17) is 0 Å². The van der Waals surface area contributed by atoms with Crippen molar-refractivity contribution < 1.29 is 0 Å². The Hall–Kier alpha value is -9.56. The maximum absolute atomic E-state index is 2.62. The summed E-state index contributed by atoms with van der Waals surface area (Å²) in [6.07, 6.45) is 8.25. The summed E-state index contributed by atoms with van der Waals surface area (Å²) in [5, 5.41) is 0. The van der Waals surface area contributed by atoms with Gasteiger partial charge in [-0.05, 0) is 211 Å². The second-order valence-corrected chi connectivity index (χ2v) is 26.1. The predicted octanol–water partition coefficient (Wildman–Crippen LogP) is 22.8. The van der Waals surface area contributed by atoms with Gasteiger partial charge in [-0.15, -0.1) is 0 Å². The van der Waals surface area contributed by atoms with Crippen LogP contribution in [-0.4, -0.2) is 0 Å². The fraction of sp³-hybridized carbons (Fsp3) is 0.163. The Morgan fingerprint density at radius 1 is 0.287 bits per heavy atom. The van der Waals surface area contributed by atoms with Crippen molar-refractivity contribution in [1.82, 2.24) is 0 Å². The molecule has 17 rings (SSSR count). The van der Waals surface area contributed by atoms with E-state index in [0.717, 1.165) is 29.9 Å². The lowest BCUT2D eigenvalue weighted by molar-refractivity contribution is -0.0728. The quantitative estimate of drug-likeness (QED) is 0.139. The average molecular weight is 1120 g/mol. The molecule has 1 heteroatoms. The molecule has 0 aromatic heterocycles. The van der Waals surface area contributed by atoms with E-state index in [1.165, 1.54) is 121 Å². The Morgan fingerprint density at radius 2 is 0.690 bits per heavy atom. The van der Waals surface area contributed by atoms with Gasteiger partial charge < -0.3 is 4.90 Å². The molecule has 4 bridgehead atoms. The first-order valence-electron chi connectivity index (χ1n) is 31.9. The number of fused-ring (bicyclic) bond motifs is 10. The summed E-state index contributed by atoms with van der Waals surface area (Å²) >= 11 is 0. The van der Waals surface area contributed by atoms with Gasteiger partial charge in [-0.1, -0.05) is 267 Å². The molecule has 0 aliphatic heterocycles. The second-order valence-electron chi connectivity index (χ2n) is 26.1. The minimum Gasteiger partial charge on any atom is -0.310 e. The van der Waals surface area contributed by atoms with E-state index in [-0.39, 0.29) is 16.2 Å². The van der Waals surface area contributed by atoms with E-state index in [2.05, 4.69) is 309 Å². The van der Waals surface area contributed by atoms with E-state index in [0.29, 0.717) is 17.8 Å². The van der Waals surface area contributed by atoms with Crippen molar-refractivity contribution in [2.24, 2.45) is 5.92 Å². The van der Waals surface area contributed by atoms with Crippen LogP contribution in [-0.2, 0) is 16.2 Å². The highest BCUT2D eigenvalue weighted by Gasteiger charge is 2.70. The van der Waals surface area contributed by atoms with Crippen molar-refractivity contribution in [3.8, 4) is 77.9 Å². The van der Waals surface area contributed by atoms with Crippen LogP contribution < -0.4 is 4.90 Å². The van der Waals surface area contributed by atoms with Gasteiger partial charge in [0.2, 0.25) is 0 Å². The van der Waals surface area contributed by atoms with Gasteiger partial charge in [0.15, 0.2) is 0 Å². The van der Waals surface area contributed by atoms with Gasteiger partial charge in [-0.2, -0.15) is 0 Å². The van der Waals surface area contributed by atoms with Crippen molar-refractivity contribution in [2.45, 2.75) is 80.0 Å². The molecule has 3 fully saturated rings. The Kier molecular flexibility index (Phi) is 12.3. The number of hydrogen-bond donors (Lipinski definition) is 0. The lowest BCUT2D eigenvalue weighted by atomic mass is 9.33. The maximum atomic E-state index is 2.62. The molecular weight excluding hydrogens is 1050 g/mol. The molecule has 87 heavy (non-hydrogen) atoms. The summed E-state index contributed by atoms with van der Waals surface area (Å²) in [6, 6.07) is 114. The molecule has 0 amide bonds. The van der Waals surface area contributed by atoms with Crippen molar-refractivity contribution in [2.75, 3.05) is 4.90 Å². The zero-order valence-corrected chi connectivity index (χ0v) is 49.4. The summed E-state index contributed by atoms with van der Waals surface area (Å²) in [5.74, 6) is 1.19. The number of rotatable bonds is 9. The van der Waals surface area contributed by atoms with Crippen molar-refractivity contribution in [1.29, 1.82) is 0 Å². The van der Waals surface area contributed by atoms with E-state index in [1.807, 2.05) is 0 Å². The largest absolute Gasteiger partial charge is 0.310 e. The predicted molar refractivity (Wildman–Crippen MR) is 363 cm³/mol. The Morgan fingerprint density at radius 3 is 1.30 bits per heavy atom. The lowest BCUT2D eigenvalue weighted by Crippen LogP contribution is -2.66. The molecule has 5 aliphatic rings. The van der Waals surface area contributed by atoms with Crippen LogP contribution in [0.1, 0.15) is 90.2 Å². The van der Waals surface area contributed by atoms with Crippen LogP contribution in [0.15, 0.2) is 297 Å². The molecule has 12 aromatic carbocycles. The summed E-state index contributed by atoms with van der Waals surface area (Å²) in [4.78, 5) is 2.40. The van der Waals surface area contributed by atoms with Gasteiger partial charge in [-0.3, -0.25) is 0 Å². The minimum absolute atomic E-state index is 0.0853. The highest BCUT2D eigenvalue weighted by molar-refractivity contribution is 5.91. The lowest BCUT2D eigenvalue weighted by Gasteiger charge is -2.70. The first-order valence-corrected chi connectivity index (χ1v) is 31.9. The molecule has 5 aliphatic carbocycles. The summed E-state index contributed by atoms with van der Waals surface area (Å²) in [6.45, 7) is 2.32. The number of hydrogen-bond acceptors (Lipinski definition) is 1. The molecule has 0 heterocycles. The van der Waals surface area contributed by atoms with Crippen LogP contribution in [0.4, 0.5) is 17.1 Å². The molecule has 418 valence electrons. The fourth-order valence-electron chi connectivity index (χ4n) is 18.7. The number of nitrogens with zero attached hydrogens (tertiary/aromatic N) is 1. The zero-order valence-electron chi connectivity index (χ0n) is 49.4. The van der Waals surface area contributed by atoms with Crippen LogP contribution in [0.2, 0.25) is 0 Å². The summed E-state index contributed by atoms with van der Waals surface area (Å²) in [7, 11) is 0. The van der Waals surface area contributed by atoms with Crippen molar-refractivity contribution >= 4 is 17.1 Å². The first kappa shape index (κ1) is 51.8. The average Bonchev–Trinajstić information content (AvgIpc) is 1.65. The highest BCUT2D eigenvalue weighted by Crippen LogP contribution is 2.77. The first-order chi connectivity index (χ1) is 43.0. The monoisotopic (exact) mass is 1120 g/mol. The van der Waals surface area contributed by atoms with Gasteiger partial charge in [-0.25, -0.2) is 0 Å². The maximum Gasteiger partial charge on any atom is 0.0467 e.